The van der Waals surface area contributed by atoms with Crippen molar-refractivity contribution in [3.63, 3.8) is 0 Å². The van der Waals surface area contributed by atoms with E-state index in [1.165, 1.54) is 43.3 Å². The van der Waals surface area contributed by atoms with Gasteiger partial charge in [0.1, 0.15) is 6.29 Å². The molecule has 0 radical (unpaired) electrons. The summed E-state index contributed by atoms with van der Waals surface area (Å²) in [5, 5.41) is 0. The van der Waals surface area contributed by atoms with Crippen LogP contribution >= 0.6 is 0 Å². The summed E-state index contributed by atoms with van der Waals surface area (Å²) in [6.07, 6.45) is 13.3. The molecule has 21 heavy (non-hydrogen) atoms. The third-order valence-electron chi connectivity index (χ3n) is 4.84. The van der Waals surface area contributed by atoms with E-state index < -0.39 is 0 Å². The standard InChI is InChI=1S/C20H32O/c1-16(8-6-9-17(2)13-15-21)11-12-19-18(3)10-7-14-20(19,4)5/h8,13,15H,6-7,9-12,14H2,1-5H3. The Labute approximate surface area is 131 Å². The second kappa shape index (κ2) is 8.36. The highest BCUT2D eigenvalue weighted by Crippen LogP contribution is 2.42. The molecule has 0 amide bonds. The molecule has 0 bridgehead atoms. The molecule has 0 N–H and O–H groups in total. The van der Waals surface area contributed by atoms with Gasteiger partial charge in [0.2, 0.25) is 0 Å². The molecule has 0 unspecified atom stereocenters. The van der Waals surface area contributed by atoms with Gasteiger partial charge in [0.05, 0.1) is 0 Å². The van der Waals surface area contributed by atoms with Crippen LogP contribution in [0.4, 0.5) is 0 Å². The molecule has 0 saturated carbocycles. The van der Waals surface area contributed by atoms with Crippen LogP contribution in [0.5, 0.6) is 0 Å². The minimum absolute atomic E-state index is 0.395. The highest BCUT2D eigenvalue weighted by atomic mass is 16.1. The third kappa shape index (κ3) is 6.03. The van der Waals surface area contributed by atoms with E-state index in [9.17, 15) is 4.79 Å². The van der Waals surface area contributed by atoms with Crippen LogP contribution in [0.15, 0.2) is 34.4 Å². The quantitative estimate of drug-likeness (QED) is 0.311. The van der Waals surface area contributed by atoms with Crippen LogP contribution < -0.4 is 0 Å². The average molecular weight is 288 g/mol. The fourth-order valence-electron chi connectivity index (χ4n) is 3.40. The zero-order chi connectivity index (χ0) is 15.9. The summed E-state index contributed by atoms with van der Waals surface area (Å²) in [4.78, 5) is 10.4. The molecule has 0 aromatic carbocycles. The molecule has 1 aliphatic carbocycles. The van der Waals surface area contributed by atoms with Gasteiger partial charge in [-0.2, -0.15) is 0 Å². The van der Waals surface area contributed by atoms with Gasteiger partial charge in [-0.25, -0.2) is 0 Å². The predicted molar refractivity (Wildman–Crippen MR) is 92.4 cm³/mol. The first-order chi connectivity index (χ1) is 9.86. The van der Waals surface area contributed by atoms with Crippen LogP contribution in [-0.2, 0) is 4.79 Å². The van der Waals surface area contributed by atoms with Crippen LogP contribution in [0, 0.1) is 5.41 Å². The van der Waals surface area contributed by atoms with Gasteiger partial charge in [0, 0.05) is 0 Å². The van der Waals surface area contributed by atoms with Gasteiger partial charge in [-0.05, 0) is 77.2 Å². The molecule has 0 heterocycles. The fraction of sp³-hybridized carbons (Fsp3) is 0.650. The summed E-state index contributed by atoms with van der Waals surface area (Å²) >= 11 is 0. The van der Waals surface area contributed by atoms with Crippen molar-refractivity contribution in [1.29, 1.82) is 0 Å². The van der Waals surface area contributed by atoms with Crippen molar-refractivity contribution in [2.75, 3.05) is 0 Å². The Kier molecular flexibility index (Phi) is 7.14. The topological polar surface area (TPSA) is 17.1 Å². The van der Waals surface area contributed by atoms with Gasteiger partial charge in [0.15, 0.2) is 0 Å². The Balaban J connectivity index is 2.50. The van der Waals surface area contributed by atoms with Crippen molar-refractivity contribution in [1.82, 2.24) is 0 Å². The van der Waals surface area contributed by atoms with Gasteiger partial charge in [0.25, 0.3) is 0 Å². The first-order valence-corrected chi connectivity index (χ1v) is 8.32. The average Bonchev–Trinajstić information content (AvgIpc) is 2.37. The van der Waals surface area contributed by atoms with E-state index in [0.717, 1.165) is 19.1 Å². The maximum Gasteiger partial charge on any atom is 0.142 e. The third-order valence-corrected chi connectivity index (χ3v) is 4.84. The molecule has 0 saturated heterocycles. The molecule has 0 atom stereocenters. The van der Waals surface area contributed by atoms with Crippen molar-refractivity contribution < 1.29 is 4.79 Å². The number of carbonyl (C=O) groups is 1. The lowest BCUT2D eigenvalue weighted by Gasteiger charge is -2.35. The fourth-order valence-corrected chi connectivity index (χ4v) is 3.40. The molecule has 0 aliphatic heterocycles. The highest BCUT2D eigenvalue weighted by molar-refractivity contribution is 5.65. The van der Waals surface area contributed by atoms with Crippen LogP contribution in [0.25, 0.3) is 0 Å². The van der Waals surface area contributed by atoms with E-state index in [1.54, 1.807) is 17.2 Å². The number of hydrogen-bond acceptors (Lipinski definition) is 1. The minimum atomic E-state index is 0.395. The molecule has 1 aliphatic rings. The summed E-state index contributed by atoms with van der Waals surface area (Å²) < 4.78 is 0. The molecular formula is C20H32O. The van der Waals surface area contributed by atoms with Crippen molar-refractivity contribution in [3.8, 4) is 0 Å². The Morgan fingerprint density at radius 3 is 2.52 bits per heavy atom. The van der Waals surface area contributed by atoms with E-state index in [4.69, 9.17) is 0 Å². The Morgan fingerprint density at radius 2 is 1.90 bits per heavy atom. The van der Waals surface area contributed by atoms with Gasteiger partial charge in [-0.15, -0.1) is 0 Å². The molecule has 1 heteroatoms. The number of hydrogen-bond donors (Lipinski definition) is 0. The normalized spacial score (nSPS) is 19.9. The lowest BCUT2D eigenvalue weighted by atomic mass is 9.71. The van der Waals surface area contributed by atoms with Crippen LogP contribution in [0.1, 0.15) is 79.6 Å². The number of rotatable bonds is 7. The SMILES string of the molecule is CC(=CC=O)CCC=C(C)CCC1=C(C)CCCC1(C)C. The molecule has 0 spiro atoms. The van der Waals surface area contributed by atoms with Crippen molar-refractivity contribution in [2.45, 2.75) is 79.6 Å². The molecule has 0 aromatic heterocycles. The Morgan fingerprint density at radius 1 is 1.19 bits per heavy atom. The zero-order valence-electron chi connectivity index (χ0n) is 14.6. The minimum Gasteiger partial charge on any atom is -0.299 e. The van der Waals surface area contributed by atoms with E-state index in [2.05, 4.69) is 33.8 Å². The predicted octanol–water partition coefficient (Wildman–Crippen LogP) is 6.16. The summed E-state index contributed by atoms with van der Waals surface area (Å²) in [5.74, 6) is 0. The highest BCUT2D eigenvalue weighted by Gasteiger charge is 2.27. The van der Waals surface area contributed by atoms with Crippen LogP contribution in [0.3, 0.4) is 0 Å². The molecule has 0 aromatic rings. The second-order valence-electron chi connectivity index (χ2n) is 7.23. The van der Waals surface area contributed by atoms with E-state index in [0.29, 0.717) is 5.41 Å². The molecule has 0 fully saturated rings. The Hall–Kier alpha value is -1.11. The Bertz CT molecular complexity index is 446. The van der Waals surface area contributed by atoms with E-state index >= 15 is 0 Å². The first kappa shape index (κ1) is 17.9. The molecule has 1 rings (SSSR count). The summed E-state index contributed by atoms with van der Waals surface area (Å²) in [5.41, 5.74) is 6.37. The van der Waals surface area contributed by atoms with Crippen LogP contribution in [0.2, 0.25) is 0 Å². The zero-order valence-corrected chi connectivity index (χ0v) is 14.6. The first-order valence-electron chi connectivity index (χ1n) is 8.32. The summed E-state index contributed by atoms with van der Waals surface area (Å²) in [6, 6.07) is 0. The maximum atomic E-state index is 10.4. The second-order valence-corrected chi connectivity index (χ2v) is 7.23. The maximum absolute atomic E-state index is 10.4. The lowest BCUT2D eigenvalue weighted by molar-refractivity contribution is -0.104. The molecular weight excluding hydrogens is 256 g/mol. The smallest absolute Gasteiger partial charge is 0.142 e. The van der Waals surface area contributed by atoms with Crippen molar-refractivity contribution >= 4 is 6.29 Å². The number of carbonyl (C=O) groups excluding carboxylic acids is 1. The largest absolute Gasteiger partial charge is 0.299 e. The lowest BCUT2D eigenvalue weighted by Crippen LogP contribution is -2.20. The number of allylic oxidation sites excluding steroid dienone is 6. The van der Waals surface area contributed by atoms with Gasteiger partial charge in [-0.3, -0.25) is 4.79 Å². The summed E-state index contributed by atoms with van der Waals surface area (Å²) in [7, 11) is 0. The van der Waals surface area contributed by atoms with Crippen molar-refractivity contribution in [2.24, 2.45) is 5.41 Å². The molecule has 118 valence electrons. The number of aldehydes is 1. The van der Waals surface area contributed by atoms with Crippen molar-refractivity contribution in [3.05, 3.63) is 34.4 Å². The van der Waals surface area contributed by atoms with Crippen LogP contribution in [-0.4, -0.2) is 6.29 Å². The van der Waals surface area contributed by atoms with Gasteiger partial charge in [-0.1, -0.05) is 42.2 Å². The van der Waals surface area contributed by atoms with E-state index in [1.807, 2.05) is 6.92 Å². The van der Waals surface area contributed by atoms with Gasteiger partial charge >= 0.3 is 0 Å². The molecule has 1 nitrogen and oxygen atoms in total. The monoisotopic (exact) mass is 288 g/mol. The van der Waals surface area contributed by atoms with E-state index in [-0.39, 0.29) is 0 Å². The summed E-state index contributed by atoms with van der Waals surface area (Å²) in [6.45, 7) is 11.4. The van der Waals surface area contributed by atoms with Gasteiger partial charge < -0.3 is 0 Å².